The number of aryl methyl sites for hydroxylation is 2. The summed E-state index contributed by atoms with van der Waals surface area (Å²) < 4.78 is 15.3. The summed E-state index contributed by atoms with van der Waals surface area (Å²) in [6.45, 7) is 4.03. The Kier molecular flexibility index (Phi) is 6.08. The minimum absolute atomic E-state index is 0.146. The Morgan fingerprint density at radius 1 is 1.00 bits per heavy atom. The number of hydrogen-bond acceptors (Lipinski definition) is 5. The maximum Gasteiger partial charge on any atom is 0.234 e. The summed E-state index contributed by atoms with van der Waals surface area (Å²) >= 11 is 1.26. The summed E-state index contributed by atoms with van der Waals surface area (Å²) in [6, 6.07) is 15.5. The Labute approximate surface area is 183 Å². The van der Waals surface area contributed by atoms with Crippen LogP contribution < -0.4 is 5.32 Å². The van der Waals surface area contributed by atoms with Crippen LogP contribution in [0.5, 0.6) is 0 Å². The monoisotopic (exact) mass is 433 g/mol. The normalized spacial score (nSPS) is 10.8. The fraction of sp³-hybridized carbons (Fsp3) is 0.130. The number of benzene rings is 2. The van der Waals surface area contributed by atoms with Gasteiger partial charge in [-0.1, -0.05) is 17.8 Å². The number of carbonyl (C=O) groups excluding carboxylic acids is 1. The van der Waals surface area contributed by atoms with Crippen LogP contribution in [0.15, 0.2) is 72.1 Å². The molecule has 0 saturated carbocycles. The number of amides is 1. The predicted molar refractivity (Wildman–Crippen MR) is 120 cm³/mol. The summed E-state index contributed by atoms with van der Waals surface area (Å²) in [5.41, 5.74) is 4.56. The van der Waals surface area contributed by atoms with Crippen molar-refractivity contribution < 1.29 is 9.18 Å². The van der Waals surface area contributed by atoms with E-state index in [1.807, 2.05) is 48.7 Å². The van der Waals surface area contributed by atoms with Crippen LogP contribution in [0.3, 0.4) is 0 Å². The van der Waals surface area contributed by atoms with E-state index in [9.17, 15) is 9.18 Å². The van der Waals surface area contributed by atoms with E-state index in [0.717, 1.165) is 16.8 Å². The number of hydrogen-bond donors (Lipinski definition) is 1. The largest absolute Gasteiger partial charge is 0.325 e. The molecule has 156 valence electrons. The van der Waals surface area contributed by atoms with E-state index in [4.69, 9.17) is 0 Å². The standard InChI is InChI=1S/C23H20FN5OS/c1-15-3-6-19(13-16(15)2)26-21(30)14-31-23-28-27-22(17-9-11-25-12-10-17)29(23)20-7-4-18(24)5-8-20/h3-13H,14H2,1-2H3,(H,26,30). The minimum atomic E-state index is -0.329. The first kappa shape index (κ1) is 20.7. The molecule has 2 heterocycles. The van der Waals surface area contributed by atoms with Crippen LogP contribution in [0.1, 0.15) is 11.1 Å². The molecule has 2 aromatic heterocycles. The Morgan fingerprint density at radius 3 is 2.45 bits per heavy atom. The Morgan fingerprint density at radius 2 is 1.74 bits per heavy atom. The van der Waals surface area contributed by atoms with Gasteiger partial charge in [0.25, 0.3) is 0 Å². The highest BCUT2D eigenvalue weighted by atomic mass is 32.2. The number of thioether (sulfide) groups is 1. The third-order valence-corrected chi connectivity index (χ3v) is 5.71. The number of pyridine rings is 1. The van der Waals surface area contributed by atoms with Gasteiger partial charge in [-0.2, -0.15) is 0 Å². The van der Waals surface area contributed by atoms with Crippen molar-refractivity contribution in [3.05, 3.63) is 83.9 Å². The summed E-state index contributed by atoms with van der Waals surface area (Å²) in [5, 5.41) is 12.0. The molecule has 0 atom stereocenters. The maximum absolute atomic E-state index is 13.5. The Balaban J connectivity index is 1.57. The smallest absolute Gasteiger partial charge is 0.234 e. The van der Waals surface area contributed by atoms with Crippen LogP contribution in [-0.2, 0) is 4.79 Å². The van der Waals surface area contributed by atoms with Gasteiger partial charge in [0.1, 0.15) is 5.82 Å². The average Bonchev–Trinajstić information content (AvgIpc) is 3.20. The van der Waals surface area contributed by atoms with Gasteiger partial charge in [-0.25, -0.2) is 4.39 Å². The number of aromatic nitrogens is 4. The lowest BCUT2D eigenvalue weighted by Gasteiger charge is -2.11. The second kappa shape index (κ2) is 9.09. The molecule has 31 heavy (non-hydrogen) atoms. The van der Waals surface area contributed by atoms with Gasteiger partial charge in [-0.3, -0.25) is 14.3 Å². The number of nitrogens with zero attached hydrogens (tertiary/aromatic N) is 4. The lowest BCUT2D eigenvalue weighted by molar-refractivity contribution is -0.113. The predicted octanol–water partition coefficient (Wildman–Crippen LogP) is 4.82. The number of halogens is 1. The summed E-state index contributed by atoms with van der Waals surface area (Å²) in [4.78, 5) is 16.5. The quantitative estimate of drug-likeness (QED) is 0.442. The third kappa shape index (κ3) is 4.80. The molecule has 1 amide bonds. The first-order valence-electron chi connectivity index (χ1n) is 9.63. The van der Waals surface area contributed by atoms with Crippen molar-refractivity contribution in [2.45, 2.75) is 19.0 Å². The lowest BCUT2D eigenvalue weighted by atomic mass is 10.1. The van der Waals surface area contributed by atoms with Crippen molar-refractivity contribution in [2.24, 2.45) is 0 Å². The van der Waals surface area contributed by atoms with Gasteiger partial charge in [0.2, 0.25) is 5.91 Å². The number of carbonyl (C=O) groups is 1. The molecule has 2 aromatic carbocycles. The molecule has 0 unspecified atom stereocenters. The third-order valence-electron chi connectivity index (χ3n) is 4.78. The maximum atomic E-state index is 13.5. The van der Waals surface area contributed by atoms with Crippen molar-refractivity contribution in [1.29, 1.82) is 0 Å². The molecule has 6 nitrogen and oxygen atoms in total. The molecule has 1 N–H and O–H groups in total. The molecule has 4 rings (SSSR count). The highest BCUT2D eigenvalue weighted by Crippen LogP contribution is 2.28. The zero-order valence-corrected chi connectivity index (χ0v) is 17.9. The second-order valence-corrected chi connectivity index (χ2v) is 7.93. The molecule has 0 radical (unpaired) electrons. The van der Waals surface area contributed by atoms with Crippen LogP contribution >= 0.6 is 11.8 Å². The van der Waals surface area contributed by atoms with Crippen LogP contribution in [0.2, 0.25) is 0 Å². The molecule has 0 aliphatic carbocycles. The second-order valence-electron chi connectivity index (χ2n) is 6.99. The molecule has 0 aliphatic heterocycles. The average molecular weight is 434 g/mol. The summed E-state index contributed by atoms with van der Waals surface area (Å²) in [5.74, 6) is 0.269. The van der Waals surface area contributed by atoms with Gasteiger partial charge < -0.3 is 5.32 Å². The lowest BCUT2D eigenvalue weighted by Crippen LogP contribution is -2.14. The summed E-state index contributed by atoms with van der Waals surface area (Å²) in [6.07, 6.45) is 3.34. The number of nitrogens with one attached hydrogen (secondary N) is 1. The fourth-order valence-electron chi connectivity index (χ4n) is 3.02. The first-order valence-corrected chi connectivity index (χ1v) is 10.6. The Bertz CT molecular complexity index is 1210. The van der Waals surface area contributed by atoms with Crippen molar-refractivity contribution in [3.63, 3.8) is 0 Å². The molecule has 8 heteroatoms. The zero-order chi connectivity index (χ0) is 21.8. The molecule has 0 bridgehead atoms. The van der Waals surface area contributed by atoms with Gasteiger partial charge in [0, 0.05) is 29.3 Å². The van der Waals surface area contributed by atoms with Gasteiger partial charge >= 0.3 is 0 Å². The van der Waals surface area contributed by atoms with Gasteiger partial charge in [-0.05, 0) is 73.5 Å². The van der Waals surface area contributed by atoms with Crippen molar-refractivity contribution in [2.75, 3.05) is 11.1 Å². The fourth-order valence-corrected chi connectivity index (χ4v) is 3.77. The van der Waals surface area contributed by atoms with Gasteiger partial charge in [-0.15, -0.1) is 10.2 Å². The van der Waals surface area contributed by atoms with Crippen LogP contribution in [-0.4, -0.2) is 31.4 Å². The number of rotatable bonds is 6. The zero-order valence-electron chi connectivity index (χ0n) is 17.0. The van der Waals surface area contributed by atoms with Crippen molar-refractivity contribution in [3.8, 4) is 17.1 Å². The molecular formula is C23H20FN5OS. The Hall–Kier alpha value is -3.52. The molecule has 0 spiro atoms. The molecule has 0 aliphatic rings. The topological polar surface area (TPSA) is 72.7 Å². The van der Waals surface area contributed by atoms with E-state index in [1.54, 1.807) is 24.5 Å². The molecule has 4 aromatic rings. The molecule has 0 fully saturated rings. The van der Waals surface area contributed by atoms with E-state index in [-0.39, 0.29) is 17.5 Å². The SMILES string of the molecule is Cc1ccc(NC(=O)CSc2nnc(-c3ccncc3)n2-c2ccc(F)cc2)cc1C. The van der Waals surface area contributed by atoms with Gasteiger partial charge in [0.15, 0.2) is 11.0 Å². The molecule has 0 saturated heterocycles. The van der Waals surface area contributed by atoms with Crippen LogP contribution in [0, 0.1) is 19.7 Å². The highest BCUT2D eigenvalue weighted by molar-refractivity contribution is 7.99. The van der Waals surface area contributed by atoms with E-state index in [1.165, 1.54) is 29.5 Å². The van der Waals surface area contributed by atoms with Crippen molar-refractivity contribution >= 4 is 23.4 Å². The minimum Gasteiger partial charge on any atom is -0.325 e. The highest BCUT2D eigenvalue weighted by Gasteiger charge is 2.17. The van der Waals surface area contributed by atoms with Crippen LogP contribution in [0.4, 0.5) is 10.1 Å². The van der Waals surface area contributed by atoms with E-state index < -0.39 is 0 Å². The molecular weight excluding hydrogens is 413 g/mol. The van der Waals surface area contributed by atoms with Gasteiger partial charge in [0.05, 0.1) is 5.75 Å². The van der Waals surface area contributed by atoms with Crippen molar-refractivity contribution in [1.82, 2.24) is 19.7 Å². The van der Waals surface area contributed by atoms with E-state index >= 15 is 0 Å². The van der Waals surface area contributed by atoms with Crippen LogP contribution in [0.25, 0.3) is 17.1 Å². The summed E-state index contributed by atoms with van der Waals surface area (Å²) in [7, 11) is 0. The first-order chi connectivity index (χ1) is 15.0. The number of anilines is 1. The van der Waals surface area contributed by atoms with E-state index in [2.05, 4.69) is 20.5 Å². The van der Waals surface area contributed by atoms with E-state index in [0.29, 0.717) is 16.7 Å².